The number of unbranched alkanes of at least 4 members (excludes halogenated alkanes) is 1. The molecule has 2 rings (SSSR count). The normalized spacial score (nSPS) is 29.6. The van der Waals surface area contributed by atoms with E-state index in [4.69, 9.17) is 0 Å². The summed E-state index contributed by atoms with van der Waals surface area (Å²) in [6.07, 6.45) is 11.5. The molecule has 2 N–H and O–H groups in total. The molecule has 0 atom stereocenters. The standard InChI is InChI=1S/C16H29NO2/c1-2-3-5-13-6-8-14(9-7-13)15(19)17-16(12-18)10-4-11-16/h13-14,18H,2-12H2,1H3,(H,17,19). The third-order valence-electron chi connectivity index (χ3n) is 5.19. The molecule has 0 heterocycles. The number of carbonyl (C=O) groups is 1. The van der Waals surface area contributed by atoms with Crippen LogP contribution in [0, 0.1) is 11.8 Å². The maximum Gasteiger partial charge on any atom is 0.223 e. The number of aliphatic hydroxyl groups excluding tert-OH is 1. The predicted octanol–water partition coefficient (Wildman–Crippen LogP) is 3.01. The van der Waals surface area contributed by atoms with Crippen molar-refractivity contribution in [1.29, 1.82) is 0 Å². The minimum atomic E-state index is -0.268. The first-order valence-electron chi connectivity index (χ1n) is 8.12. The van der Waals surface area contributed by atoms with Crippen LogP contribution in [0.15, 0.2) is 0 Å². The molecule has 0 bridgehead atoms. The Morgan fingerprint density at radius 1 is 1.26 bits per heavy atom. The number of hydrogen-bond donors (Lipinski definition) is 2. The van der Waals surface area contributed by atoms with Gasteiger partial charge in [0.05, 0.1) is 12.1 Å². The van der Waals surface area contributed by atoms with Gasteiger partial charge in [0.2, 0.25) is 5.91 Å². The third kappa shape index (κ3) is 3.71. The van der Waals surface area contributed by atoms with Crippen LogP contribution in [0.2, 0.25) is 0 Å². The summed E-state index contributed by atoms with van der Waals surface area (Å²) in [4.78, 5) is 12.3. The summed E-state index contributed by atoms with van der Waals surface area (Å²) in [5.74, 6) is 1.24. The number of amides is 1. The second-order valence-electron chi connectivity index (χ2n) is 6.64. The first-order chi connectivity index (χ1) is 9.19. The van der Waals surface area contributed by atoms with Gasteiger partial charge in [-0.1, -0.05) is 26.2 Å². The molecule has 2 aliphatic carbocycles. The zero-order chi connectivity index (χ0) is 13.7. The highest BCUT2D eigenvalue weighted by Gasteiger charge is 2.39. The summed E-state index contributed by atoms with van der Waals surface area (Å²) in [5, 5.41) is 12.5. The largest absolute Gasteiger partial charge is 0.394 e. The second kappa shape index (κ2) is 6.74. The lowest BCUT2D eigenvalue weighted by molar-refractivity contribution is -0.130. The zero-order valence-corrected chi connectivity index (χ0v) is 12.3. The van der Waals surface area contributed by atoms with Gasteiger partial charge >= 0.3 is 0 Å². The Labute approximate surface area is 117 Å². The Kier molecular flexibility index (Phi) is 5.26. The van der Waals surface area contributed by atoms with E-state index >= 15 is 0 Å². The highest BCUT2D eigenvalue weighted by Crippen LogP contribution is 2.35. The van der Waals surface area contributed by atoms with E-state index in [1.165, 1.54) is 32.1 Å². The predicted molar refractivity (Wildman–Crippen MR) is 76.8 cm³/mol. The Morgan fingerprint density at radius 3 is 2.42 bits per heavy atom. The van der Waals surface area contributed by atoms with Gasteiger partial charge in [-0.3, -0.25) is 4.79 Å². The van der Waals surface area contributed by atoms with E-state index in [0.717, 1.165) is 38.0 Å². The molecule has 0 spiro atoms. The Morgan fingerprint density at radius 2 is 1.95 bits per heavy atom. The molecule has 0 aromatic heterocycles. The van der Waals surface area contributed by atoms with E-state index in [2.05, 4.69) is 12.2 Å². The average Bonchev–Trinajstić information content (AvgIpc) is 2.41. The number of aliphatic hydroxyl groups is 1. The highest BCUT2D eigenvalue weighted by molar-refractivity contribution is 5.79. The van der Waals surface area contributed by atoms with E-state index in [1.807, 2.05) is 0 Å². The van der Waals surface area contributed by atoms with Crippen LogP contribution in [0.25, 0.3) is 0 Å². The zero-order valence-electron chi connectivity index (χ0n) is 12.3. The van der Waals surface area contributed by atoms with E-state index in [1.54, 1.807) is 0 Å². The smallest absolute Gasteiger partial charge is 0.223 e. The van der Waals surface area contributed by atoms with Crippen molar-refractivity contribution in [2.75, 3.05) is 6.61 Å². The molecule has 1 amide bonds. The maximum atomic E-state index is 12.3. The van der Waals surface area contributed by atoms with Gasteiger partial charge in [0.25, 0.3) is 0 Å². The first kappa shape index (κ1) is 14.8. The van der Waals surface area contributed by atoms with Gasteiger partial charge in [0.1, 0.15) is 0 Å². The van der Waals surface area contributed by atoms with Gasteiger partial charge in [-0.15, -0.1) is 0 Å². The van der Waals surface area contributed by atoms with Crippen molar-refractivity contribution in [3.63, 3.8) is 0 Å². The summed E-state index contributed by atoms with van der Waals surface area (Å²) < 4.78 is 0. The fourth-order valence-corrected chi connectivity index (χ4v) is 3.50. The van der Waals surface area contributed by atoms with Gasteiger partial charge in [0.15, 0.2) is 0 Å². The summed E-state index contributed by atoms with van der Waals surface area (Å²) in [6.45, 7) is 2.34. The van der Waals surface area contributed by atoms with Gasteiger partial charge < -0.3 is 10.4 Å². The van der Waals surface area contributed by atoms with Crippen molar-refractivity contribution < 1.29 is 9.90 Å². The molecule has 19 heavy (non-hydrogen) atoms. The second-order valence-corrected chi connectivity index (χ2v) is 6.64. The minimum Gasteiger partial charge on any atom is -0.394 e. The monoisotopic (exact) mass is 267 g/mol. The lowest BCUT2D eigenvalue weighted by Gasteiger charge is -2.42. The molecule has 3 heteroatoms. The van der Waals surface area contributed by atoms with Crippen LogP contribution < -0.4 is 5.32 Å². The van der Waals surface area contributed by atoms with Crippen LogP contribution in [0.4, 0.5) is 0 Å². The third-order valence-corrected chi connectivity index (χ3v) is 5.19. The van der Waals surface area contributed by atoms with Crippen LogP contribution in [0.5, 0.6) is 0 Å². The first-order valence-corrected chi connectivity index (χ1v) is 8.12. The van der Waals surface area contributed by atoms with Crippen LogP contribution in [0.3, 0.4) is 0 Å². The van der Waals surface area contributed by atoms with E-state index in [9.17, 15) is 9.90 Å². The van der Waals surface area contributed by atoms with E-state index < -0.39 is 0 Å². The molecule has 110 valence electrons. The Bertz CT molecular complexity index is 286. The topological polar surface area (TPSA) is 49.3 Å². The lowest BCUT2D eigenvalue weighted by Crippen LogP contribution is -2.57. The maximum absolute atomic E-state index is 12.3. The highest BCUT2D eigenvalue weighted by atomic mass is 16.3. The molecule has 0 aromatic carbocycles. The van der Waals surface area contributed by atoms with Gasteiger partial charge in [0, 0.05) is 5.92 Å². The van der Waals surface area contributed by atoms with E-state index in [0.29, 0.717) is 0 Å². The SMILES string of the molecule is CCCCC1CCC(C(=O)NC2(CO)CCC2)CC1. The molecule has 0 unspecified atom stereocenters. The van der Waals surface area contributed by atoms with Crippen molar-refractivity contribution in [2.45, 2.75) is 76.7 Å². The van der Waals surface area contributed by atoms with E-state index in [-0.39, 0.29) is 24.0 Å². The molecule has 2 saturated carbocycles. The molecule has 0 aliphatic heterocycles. The van der Waals surface area contributed by atoms with Gasteiger partial charge in [-0.2, -0.15) is 0 Å². The fourth-order valence-electron chi connectivity index (χ4n) is 3.50. The van der Waals surface area contributed by atoms with Crippen LogP contribution in [0.1, 0.15) is 71.1 Å². The van der Waals surface area contributed by atoms with Gasteiger partial charge in [-0.25, -0.2) is 0 Å². The fraction of sp³-hybridized carbons (Fsp3) is 0.938. The molecule has 2 fully saturated rings. The molecular formula is C16H29NO2. The number of hydrogen-bond acceptors (Lipinski definition) is 2. The average molecular weight is 267 g/mol. The Hall–Kier alpha value is -0.570. The summed E-state index contributed by atoms with van der Waals surface area (Å²) in [6, 6.07) is 0. The minimum absolute atomic E-state index is 0.102. The van der Waals surface area contributed by atoms with Crippen molar-refractivity contribution in [3.05, 3.63) is 0 Å². The molecule has 0 aromatic rings. The van der Waals surface area contributed by atoms with Crippen LogP contribution in [-0.4, -0.2) is 23.2 Å². The molecule has 0 saturated heterocycles. The lowest BCUT2D eigenvalue weighted by atomic mass is 9.75. The van der Waals surface area contributed by atoms with Crippen LogP contribution >= 0.6 is 0 Å². The molecular weight excluding hydrogens is 238 g/mol. The van der Waals surface area contributed by atoms with Gasteiger partial charge in [-0.05, 0) is 50.9 Å². The Balaban J connectivity index is 1.73. The van der Waals surface area contributed by atoms with Crippen molar-refractivity contribution in [1.82, 2.24) is 5.32 Å². The molecule has 3 nitrogen and oxygen atoms in total. The summed E-state index contributed by atoms with van der Waals surface area (Å²) >= 11 is 0. The quantitative estimate of drug-likeness (QED) is 0.777. The molecule has 2 aliphatic rings. The number of carbonyl (C=O) groups excluding carboxylic acids is 1. The summed E-state index contributed by atoms with van der Waals surface area (Å²) in [7, 11) is 0. The van der Waals surface area contributed by atoms with Crippen molar-refractivity contribution in [2.24, 2.45) is 11.8 Å². The van der Waals surface area contributed by atoms with Crippen molar-refractivity contribution in [3.8, 4) is 0 Å². The van der Waals surface area contributed by atoms with Crippen LogP contribution in [-0.2, 0) is 4.79 Å². The summed E-state index contributed by atoms with van der Waals surface area (Å²) in [5.41, 5.74) is -0.268. The number of nitrogens with one attached hydrogen (secondary N) is 1. The molecule has 0 radical (unpaired) electrons. The van der Waals surface area contributed by atoms with Crippen molar-refractivity contribution >= 4 is 5.91 Å². The number of rotatable bonds is 6.